The van der Waals surface area contributed by atoms with E-state index in [-0.39, 0.29) is 5.91 Å². The number of aromatic nitrogens is 1. The standard InChI is InChI=1S/C13H17N3O/c1-13(2,14)8-12(17)16-10-3-4-11-9(7-10)5-6-15-11/h3-7,15H,8,14H2,1-2H3,(H,16,17). The van der Waals surface area contributed by atoms with Gasteiger partial charge in [0.05, 0.1) is 0 Å². The molecule has 4 N–H and O–H groups in total. The number of hydrogen-bond acceptors (Lipinski definition) is 2. The monoisotopic (exact) mass is 231 g/mol. The fourth-order valence-electron chi connectivity index (χ4n) is 1.75. The summed E-state index contributed by atoms with van der Waals surface area (Å²) in [5.74, 6) is -0.0626. The summed E-state index contributed by atoms with van der Waals surface area (Å²) in [5.41, 5.74) is 7.17. The van der Waals surface area contributed by atoms with Crippen LogP contribution in [0.25, 0.3) is 10.9 Å². The first-order valence-corrected chi connectivity index (χ1v) is 5.60. The van der Waals surface area contributed by atoms with Crippen LogP contribution in [0.1, 0.15) is 20.3 Å². The number of anilines is 1. The van der Waals surface area contributed by atoms with Gasteiger partial charge in [0, 0.05) is 34.7 Å². The summed E-state index contributed by atoms with van der Waals surface area (Å²) in [5, 5.41) is 3.93. The zero-order valence-electron chi connectivity index (χ0n) is 10.1. The predicted octanol–water partition coefficient (Wildman–Crippen LogP) is 2.23. The van der Waals surface area contributed by atoms with E-state index in [0.29, 0.717) is 6.42 Å². The second-order valence-corrected chi connectivity index (χ2v) is 4.99. The van der Waals surface area contributed by atoms with Gasteiger partial charge in [-0.1, -0.05) is 0 Å². The number of nitrogens with two attached hydrogens (primary N) is 1. The Bertz CT molecular complexity index is 537. The molecular weight excluding hydrogens is 214 g/mol. The van der Waals surface area contributed by atoms with Crippen molar-refractivity contribution in [3.63, 3.8) is 0 Å². The Morgan fingerprint density at radius 1 is 1.41 bits per heavy atom. The van der Waals surface area contributed by atoms with Gasteiger partial charge in [0.2, 0.25) is 5.91 Å². The minimum atomic E-state index is -0.484. The number of rotatable bonds is 3. The third-order valence-electron chi connectivity index (χ3n) is 2.45. The van der Waals surface area contributed by atoms with E-state index in [9.17, 15) is 4.79 Å². The number of aromatic amines is 1. The third kappa shape index (κ3) is 3.07. The maximum absolute atomic E-state index is 11.7. The van der Waals surface area contributed by atoms with Crippen LogP contribution in [-0.2, 0) is 4.79 Å². The van der Waals surface area contributed by atoms with Gasteiger partial charge in [-0.3, -0.25) is 4.79 Å². The number of carbonyl (C=O) groups is 1. The minimum Gasteiger partial charge on any atom is -0.361 e. The van der Waals surface area contributed by atoms with Crippen LogP contribution in [0.15, 0.2) is 30.5 Å². The van der Waals surface area contributed by atoms with Crippen molar-refractivity contribution in [2.24, 2.45) is 5.73 Å². The van der Waals surface area contributed by atoms with Crippen molar-refractivity contribution in [2.75, 3.05) is 5.32 Å². The number of H-pyrrole nitrogens is 1. The molecule has 0 atom stereocenters. The molecule has 0 fully saturated rings. The molecule has 0 spiro atoms. The van der Waals surface area contributed by atoms with Crippen LogP contribution in [0.4, 0.5) is 5.69 Å². The lowest BCUT2D eigenvalue weighted by Gasteiger charge is -2.17. The zero-order valence-corrected chi connectivity index (χ0v) is 10.1. The van der Waals surface area contributed by atoms with Crippen molar-refractivity contribution in [2.45, 2.75) is 25.8 Å². The van der Waals surface area contributed by atoms with Crippen LogP contribution in [0.2, 0.25) is 0 Å². The maximum atomic E-state index is 11.7. The lowest BCUT2D eigenvalue weighted by atomic mass is 10.0. The largest absolute Gasteiger partial charge is 0.361 e. The van der Waals surface area contributed by atoms with E-state index >= 15 is 0 Å². The molecule has 17 heavy (non-hydrogen) atoms. The van der Waals surface area contributed by atoms with Crippen molar-refractivity contribution >= 4 is 22.5 Å². The summed E-state index contributed by atoms with van der Waals surface area (Å²) >= 11 is 0. The smallest absolute Gasteiger partial charge is 0.226 e. The number of nitrogens with one attached hydrogen (secondary N) is 2. The fourth-order valence-corrected chi connectivity index (χ4v) is 1.75. The Labute approximate surface area is 100 Å². The molecule has 1 aromatic carbocycles. The van der Waals surface area contributed by atoms with Gasteiger partial charge in [-0.05, 0) is 38.1 Å². The number of fused-ring (bicyclic) bond motifs is 1. The van der Waals surface area contributed by atoms with E-state index in [0.717, 1.165) is 16.6 Å². The van der Waals surface area contributed by atoms with Crippen LogP contribution >= 0.6 is 0 Å². The highest BCUT2D eigenvalue weighted by Crippen LogP contribution is 2.18. The van der Waals surface area contributed by atoms with Crippen molar-refractivity contribution in [1.29, 1.82) is 0 Å². The molecule has 0 radical (unpaired) electrons. The van der Waals surface area contributed by atoms with E-state index in [4.69, 9.17) is 5.73 Å². The highest BCUT2D eigenvalue weighted by atomic mass is 16.1. The van der Waals surface area contributed by atoms with Crippen LogP contribution in [0.5, 0.6) is 0 Å². The molecule has 2 rings (SSSR count). The summed E-state index contributed by atoms with van der Waals surface area (Å²) in [6.07, 6.45) is 2.18. The van der Waals surface area contributed by atoms with Crippen molar-refractivity contribution in [3.05, 3.63) is 30.5 Å². The van der Waals surface area contributed by atoms with Gasteiger partial charge in [0.15, 0.2) is 0 Å². The van der Waals surface area contributed by atoms with Gasteiger partial charge in [-0.25, -0.2) is 0 Å². The minimum absolute atomic E-state index is 0.0626. The number of benzene rings is 1. The van der Waals surface area contributed by atoms with Crippen molar-refractivity contribution in [1.82, 2.24) is 4.98 Å². The summed E-state index contributed by atoms with van der Waals surface area (Å²) in [4.78, 5) is 14.8. The van der Waals surface area contributed by atoms with Crippen molar-refractivity contribution in [3.8, 4) is 0 Å². The highest BCUT2D eigenvalue weighted by molar-refractivity contribution is 5.94. The van der Waals surface area contributed by atoms with E-state index in [1.165, 1.54) is 0 Å². The Morgan fingerprint density at radius 3 is 2.88 bits per heavy atom. The second kappa shape index (κ2) is 4.22. The van der Waals surface area contributed by atoms with Crippen LogP contribution in [-0.4, -0.2) is 16.4 Å². The Morgan fingerprint density at radius 2 is 2.18 bits per heavy atom. The van der Waals surface area contributed by atoms with E-state index < -0.39 is 5.54 Å². The first kappa shape index (κ1) is 11.7. The third-order valence-corrected chi connectivity index (χ3v) is 2.45. The molecule has 2 aromatic rings. The molecule has 0 aliphatic heterocycles. The first-order chi connectivity index (χ1) is 7.94. The first-order valence-electron chi connectivity index (χ1n) is 5.60. The second-order valence-electron chi connectivity index (χ2n) is 4.99. The topological polar surface area (TPSA) is 70.9 Å². The Hall–Kier alpha value is -1.81. The normalized spacial score (nSPS) is 11.7. The van der Waals surface area contributed by atoms with Gasteiger partial charge in [-0.15, -0.1) is 0 Å². The van der Waals surface area contributed by atoms with Gasteiger partial charge in [-0.2, -0.15) is 0 Å². The molecule has 0 saturated heterocycles. The summed E-state index contributed by atoms with van der Waals surface area (Å²) in [6.45, 7) is 3.67. The molecule has 0 saturated carbocycles. The van der Waals surface area contributed by atoms with Crippen LogP contribution < -0.4 is 11.1 Å². The lowest BCUT2D eigenvalue weighted by Crippen LogP contribution is -2.36. The predicted molar refractivity (Wildman–Crippen MR) is 69.8 cm³/mol. The fraction of sp³-hybridized carbons (Fsp3) is 0.308. The zero-order chi connectivity index (χ0) is 12.5. The molecular formula is C13H17N3O. The molecule has 0 aliphatic carbocycles. The molecule has 90 valence electrons. The van der Waals surface area contributed by atoms with Gasteiger partial charge < -0.3 is 16.0 Å². The molecule has 4 nitrogen and oxygen atoms in total. The summed E-state index contributed by atoms with van der Waals surface area (Å²) in [7, 11) is 0. The van der Waals surface area contributed by atoms with Gasteiger partial charge in [0.1, 0.15) is 0 Å². The molecule has 1 heterocycles. The lowest BCUT2D eigenvalue weighted by molar-refractivity contribution is -0.117. The average molecular weight is 231 g/mol. The van der Waals surface area contributed by atoms with Crippen LogP contribution in [0, 0.1) is 0 Å². The van der Waals surface area contributed by atoms with E-state index in [2.05, 4.69) is 10.3 Å². The number of carbonyl (C=O) groups excluding carboxylic acids is 1. The summed E-state index contributed by atoms with van der Waals surface area (Å²) in [6, 6.07) is 7.73. The molecule has 1 amide bonds. The van der Waals surface area contributed by atoms with Gasteiger partial charge in [0.25, 0.3) is 0 Å². The van der Waals surface area contributed by atoms with Crippen molar-refractivity contribution < 1.29 is 4.79 Å². The SMILES string of the molecule is CC(C)(N)CC(=O)Nc1ccc2[nH]ccc2c1. The highest BCUT2D eigenvalue weighted by Gasteiger charge is 2.16. The molecule has 4 heteroatoms. The maximum Gasteiger partial charge on any atom is 0.226 e. The van der Waals surface area contributed by atoms with Crippen LogP contribution in [0.3, 0.4) is 0 Å². The number of hydrogen-bond donors (Lipinski definition) is 3. The molecule has 0 bridgehead atoms. The quantitative estimate of drug-likeness (QED) is 0.758. The Balaban J connectivity index is 2.10. The number of amides is 1. The molecule has 1 aromatic heterocycles. The Kier molecular flexibility index (Phi) is 2.90. The molecule has 0 unspecified atom stereocenters. The average Bonchev–Trinajstić information content (AvgIpc) is 2.61. The van der Waals surface area contributed by atoms with E-state index in [1.807, 2.05) is 44.3 Å². The summed E-state index contributed by atoms with van der Waals surface area (Å²) < 4.78 is 0. The molecule has 0 aliphatic rings. The van der Waals surface area contributed by atoms with E-state index in [1.54, 1.807) is 0 Å². The van der Waals surface area contributed by atoms with Gasteiger partial charge >= 0.3 is 0 Å².